The van der Waals surface area contributed by atoms with E-state index in [0.29, 0.717) is 17.0 Å². The first-order chi connectivity index (χ1) is 8.63. The lowest BCUT2D eigenvalue weighted by molar-refractivity contribution is 0.0746. The molecule has 18 heavy (non-hydrogen) atoms. The lowest BCUT2D eigenvalue weighted by atomic mass is 10.1. The van der Waals surface area contributed by atoms with Gasteiger partial charge in [0.15, 0.2) is 0 Å². The molecule has 0 aromatic heterocycles. The van der Waals surface area contributed by atoms with E-state index in [1.807, 2.05) is 4.90 Å². The van der Waals surface area contributed by atoms with E-state index in [4.69, 9.17) is 0 Å². The minimum absolute atomic E-state index is 0.0529. The molecular formula is C15H21NO2. The van der Waals surface area contributed by atoms with Crippen molar-refractivity contribution in [1.82, 2.24) is 4.90 Å². The Hall–Kier alpha value is -1.51. The van der Waals surface area contributed by atoms with Crippen molar-refractivity contribution in [3.8, 4) is 5.75 Å². The molecule has 98 valence electrons. The maximum Gasteiger partial charge on any atom is 0.254 e. The van der Waals surface area contributed by atoms with E-state index in [1.54, 1.807) is 25.1 Å². The van der Waals surface area contributed by atoms with E-state index >= 15 is 0 Å². The van der Waals surface area contributed by atoms with Crippen LogP contribution in [0.3, 0.4) is 0 Å². The van der Waals surface area contributed by atoms with E-state index in [-0.39, 0.29) is 11.7 Å². The molecule has 0 atom stereocenters. The van der Waals surface area contributed by atoms with E-state index in [0.717, 1.165) is 19.5 Å². The summed E-state index contributed by atoms with van der Waals surface area (Å²) in [6, 6.07) is 5.15. The fraction of sp³-hybridized carbons (Fsp3) is 0.533. The number of aromatic hydroxyl groups is 1. The normalized spacial score (nSPS) is 14.6. The first-order valence-electron chi connectivity index (χ1n) is 6.71. The molecule has 2 rings (SSSR count). The summed E-state index contributed by atoms with van der Waals surface area (Å²) in [7, 11) is 0. The average molecular weight is 247 g/mol. The number of phenols is 1. The summed E-state index contributed by atoms with van der Waals surface area (Å²) in [5, 5.41) is 9.68. The Kier molecular flexibility index (Phi) is 3.90. The van der Waals surface area contributed by atoms with Crippen LogP contribution in [0.15, 0.2) is 18.2 Å². The molecule has 3 heteroatoms. The van der Waals surface area contributed by atoms with E-state index < -0.39 is 0 Å². The number of rotatable bonds is 5. The van der Waals surface area contributed by atoms with Crippen LogP contribution in [0.4, 0.5) is 0 Å². The molecule has 0 spiro atoms. The summed E-state index contributed by atoms with van der Waals surface area (Å²) in [5.74, 6) is 0.944. The SMILES string of the molecule is CCCN(CC1CC1)C(=O)c1cccc(O)c1C. The van der Waals surface area contributed by atoms with Crippen LogP contribution in [0.25, 0.3) is 0 Å². The van der Waals surface area contributed by atoms with Crippen molar-refractivity contribution in [2.45, 2.75) is 33.1 Å². The van der Waals surface area contributed by atoms with Gasteiger partial charge in [-0.15, -0.1) is 0 Å². The number of hydrogen-bond donors (Lipinski definition) is 1. The Balaban J connectivity index is 2.17. The molecule has 1 aliphatic carbocycles. The van der Waals surface area contributed by atoms with Gasteiger partial charge in [-0.2, -0.15) is 0 Å². The van der Waals surface area contributed by atoms with Gasteiger partial charge in [0.1, 0.15) is 5.75 Å². The fourth-order valence-corrected chi connectivity index (χ4v) is 2.18. The standard InChI is InChI=1S/C15H21NO2/c1-3-9-16(10-12-7-8-12)15(18)13-5-4-6-14(17)11(13)2/h4-6,12,17H,3,7-10H2,1-2H3. The average Bonchev–Trinajstić information content (AvgIpc) is 3.15. The number of nitrogens with zero attached hydrogens (tertiary/aromatic N) is 1. The molecule has 1 amide bonds. The van der Waals surface area contributed by atoms with Crippen molar-refractivity contribution in [3.05, 3.63) is 29.3 Å². The zero-order valence-corrected chi connectivity index (χ0v) is 11.1. The van der Waals surface area contributed by atoms with Crippen LogP contribution >= 0.6 is 0 Å². The fourth-order valence-electron chi connectivity index (χ4n) is 2.18. The second-order valence-corrected chi connectivity index (χ2v) is 5.14. The van der Waals surface area contributed by atoms with Crippen LogP contribution in [0.1, 0.15) is 42.1 Å². The summed E-state index contributed by atoms with van der Waals surface area (Å²) in [5.41, 5.74) is 1.31. The first kappa shape index (κ1) is 12.9. The van der Waals surface area contributed by atoms with Crippen molar-refractivity contribution in [2.24, 2.45) is 5.92 Å². The number of phenolic OH excluding ortho intramolecular Hbond substituents is 1. The van der Waals surface area contributed by atoms with Crippen molar-refractivity contribution in [3.63, 3.8) is 0 Å². The molecule has 1 fully saturated rings. The second-order valence-electron chi connectivity index (χ2n) is 5.14. The zero-order chi connectivity index (χ0) is 13.1. The van der Waals surface area contributed by atoms with Crippen molar-refractivity contribution in [2.75, 3.05) is 13.1 Å². The van der Waals surface area contributed by atoms with Gasteiger partial charge in [-0.3, -0.25) is 4.79 Å². The summed E-state index contributed by atoms with van der Waals surface area (Å²) < 4.78 is 0. The highest BCUT2D eigenvalue weighted by atomic mass is 16.3. The second kappa shape index (κ2) is 5.42. The van der Waals surface area contributed by atoms with Gasteiger partial charge in [-0.05, 0) is 44.2 Å². The summed E-state index contributed by atoms with van der Waals surface area (Å²) in [6.45, 7) is 5.54. The molecule has 1 aromatic carbocycles. The number of hydrogen-bond acceptors (Lipinski definition) is 2. The Bertz CT molecular complexity index is 438. The lowest BCUT2D eigenvalue weighted by Crippen LogP contribution is -2.34. The minimum Gasteiger partial charge on any atom is -0.508 e. The monoisotopic (exact) mass is 247 g/mol. The molecule has 1 aliphatic rings. The molecule has 1 N–H and O–H groups in total. The van der Waals surface area contributed by atoms with Crippen LogP contribution in [0.5, 0.6) is 5.75 Å². The van der Waals surface area contributed by atoms with Crippen molar-refractivity contribution >= 4 is 5.91 Å². The van der Waals surface area contributed by atoms with Crippen LogP contribution in [-0.4, -0.2) is 29.0 Å². The number of carbonyl (C=O) groups excluding carboxylic acids is 1. The first-order valence-corrected chi connectivity index (χ1v) is 6.71. The molecule has 0 saturated heterocycles. The minimum atomic E-state index is 0.0529. The Morgan fingerprint density at radius 3 is 2.78 bits per heavy atom. The molecule has 0 radical (unpaired) electrons. The molecule has 3 nitrogen and oxygen atoms in total. The van der Waals surface area contributed by atoms with Gasteiger partial charge in [0, 0.05) is 24.2 Å². The third kappa shape index (κ3) is 2.84. The van der Waals surface area contributed by atoms with Gasteiger partial charge in [-0.25, -0.2) is 0 Å². The zero-order valence-electron chi connectivity index (χ0n) is 11.1. The lowest BCUT2D eigenvalue weighted by Gasteiger charge is -2.23. The van der Waals surface area contributed by atoms with Gasteiger partial charge in [0.25, 0.3) is 5.91 Å². The predicted octanol–water partition coefficient (Wildman–Crippen LogP) is 2.96. The van der Waals surface area contributed by atoms with E-state index in [2.05, 4.69) is 6.92 Å². The van der Waals surface area contributed by atoms with Gasteiger partial charge in [0.05, 0.1) is 0 Å². The van der Waals surface area contributed by atoms with Crippen molar-refractivity contribution in [1.29, 1.82) is 0 Å². The molecular weight excluding hydrogens is 226 g/mol. The van der Waals surface area contributed by atoms with Crippen LogP contribution < -0.4 is 0 Å². The van der Waals surface area contributed by atoms with E-state index in [9.17, 15) is 9.90 Å². The molecule has 0 aliphatic heterocycles. The number of amides is 1. The third-order valence-corrected chi connectivity index (χ3v) is 3.49. The molecule has 0 bridgehead atoms. The third-order valence-electron chi connectivity index (χ3n) is 3.49. The molecule has 1 saturated carbocycles. The predicted molar refractivity (Wildman–Crippen MR) is 71.8 cm³/mol. The maximum atomic E-state index is 12.5. The van der Waals surface area contributed by atoms with Crippen LogP contribution in [0.2, 0.25) is 0 Å². The quantitative estimate of drug-likeness (QED) is 0.869. The highest BCUT2D eigenvalue weighted by Crippen LogP contribution is 2.30. The highest BCUT2D eigenvalue weighted by molar-refractivity contribution is 5.96. The van der Waals surface area contributed by atoms with Gasteiger partial charge in [-0.1, -0.05) is 13.0 Å². The topological polar surface area (TPSA) is 40.5 Å². The molecule has 0 heterocycles. The number of carbonyl (C=O) groups is 1. The van der Waals surface area contributed by atoms with Gasteiger partial charge >= 0.3 is 0 Å². The van der Waals surface area contributed by atoms with Crippen LogP contribution in [-0.2, 0) is 0 Å². The molecule has 0 unspecified atom stereocenters. The maximum absolute atomic E-state index is 12.5. The van der Waals surface area contributed by atoms with Crippen molar-refractivity contribution < 1.29 is 9.90 Å². The summed E-state index contributed by atoms with van der Waals surface area (Å²) >= 11 is 0. The Morgan fingerprint density at radius 1 is 1.44 bits per heavy atom. The van der Waals surface area contributed by atoms with E-state index in [1.165, 1.54) is 12.8 Å². The number of benzene rings is 1. The van der Waals surface area contributed by atoms with Crippen LogP contribution in [0, 0.1) is 12.8 Å². The smallest absolute Gasteiger partial charge is 0.254 e. The Labute approximate surface area is 108 Å². The summed E-state index contributed by atoms with van der Waals surface area (Å²) in [6.07, 6.45) is 3.45. The van der Waals surface area contributed by atoms with Gasteiger partial charge in [0.2, 0.25) is 0 Å². The Morgan fingerprint density at radius 2 is 2.17 bits per heavy atom. The highest BCUT2D eigenvalue weighted by Gasteiger charge is 2.27. The van der Waals surface area contributed by atoms with Gasteiger partial charge < -0.3 is 10.0 Å². The largest absolute Gasteiger partial charge is 0.508 e. The molecule has 1 aromatic rings. The summed E-state index contributed by atoms with van der Waals surface area (Å²) in [4.78, 5) is 14.4.